The van der Waals surface area contributed by atoms with E-state index >= 15 is 0 Å². The molecule has 0 aromatic heterocycles. The van der Waals surface area contributed by atoms with Crippen molar-refractivity contribution in [3.63, 3.8) is 0 Å². The number of carbonyl (C=O) groups is 1. The molecule has 20 heavy (non-hydrogen) atoms. The van der Waals surface area contributed by atoms with E-state index in [-0.39, 0.29) is 11.9 Å². The van der Waals surface area contributed by atoms with Crippen LogP contribution in [0.15, 0.2) is 51.4 Å². The molecule has 0 saturated carbocycles. The van der Waals surface area contributed by atoms with Gasteiger partial charge in [-0.15, -0.1) is 0 Å². The molecule has 0 bridgehead atoms. The summed E-state index contributed by atoms with van der Waals surface area (Å²) >= 11 is 6.89. The van der Waals surface area contributed by atoms with Crippen molar-refractivity contribution in [2.75, 3.05) is 10.6 Å². The number of para-hydroxylation sites is 2. The molecule has 2 N–H and O–H groups in total. The van der Waals surface area contributed by atoms with Gasteiger partial charge in [-0.1, -0.05) is 24.3 Å². The highest BCUT2D eigenvalue weighted by Gasteiger charge is 2.26. The van der Waals surface area contributed by atoms with E-state index in [1.165, 1.54) is 5.56 Å². The smallest absolute Gasteiger partial charge is 0.247 e. The minimum absolute atomic E-state index is 0.0335. The maximum Gasteiger partial charge on any atom is 0.247 e. The van der Waals surface area contributed by atoms with Crippen LogP contribution in [0.1, 0.15) is 5.56 Å². The molecule has 1 aliphatic rings. The molecule has 0 fully saturated rings. The first-order valence-corrected chi connectivity index (χ1v) is 7.83. The van der Waals surface area contributed by atoms with Crippen molar-refractivity contribution in [2.45, 2.75) is 12.5 Å². The fourth-order valence-electron chi connectivity index (χ4n) is 2.28. The Kier molecular flexibility index (Phi) is 3.81. The lowest BCUT2D eigenvalue weighted by molar-refractivity contribution is -0.116. The summed E-state index contributed by atoms with van der Waals surface area (Å²) in [5.74, 6) is -0.0335. The van der Waals surface area contributed by atoms with Crippen molar-refractivity contribution < 1.29 is 4.79 Å². The monoisotopic (exact) mass is 394 g/mol. The molecule has 2 aromatic carbocycles. The van der Waals surface area contributed by atoms with Crippen LogP contribution in [0, 0.1) is 0 Å². The van der Waals surface area contributed by atoms with E-state index in [0.29, 0.717) is 6.42 Å². The number of hydrogen-bond donors (Lipinski definition) is 2. The first kappa shape index (κ1) is 13.6. The molecule has 3 rings (SSSR count). The highest BCUT2D eigenvalue weighted by atomic mass is 79.9. The lowest BCUT2D eigenvalue weighted by Crippen LogP contribution is -2.33. The number of amides is 1. The van der Waals surface area contributed by atoms with Crippen molar-refractivity contribution in [3.05, 3.63) is 57.0 Å². The van der Waals surface area contributed by atoms with Crippen LogP contribution in [-0.2, 0) is 11.2 Å². The predicted molar refractivity (Wildman–Crippen MR) is 88.0 cm³/mol. The zero-order valence-electron chi connectivity index (χ0n) is 10.5. The molecule has 1 heterocycles. The van der Waals surface area contributed by atoms with Crippen molar-refractivity contribution in [3.8, 4) is 0 Å². The Bertz CT molecular complexity index is 627. The Labute approximate surface area is 134 Å². The number of nitrogens with one attached hydrogen (secondary N) is 2. The maximum atomic E-state index is 12.4. The Balaban J connectivity index is 1.76. The summed E-state index contributed by atoms with van der Waals surface area (Å²) in [6, 6.07) is 13.5. The fraction of sp³-hybridized carbons (Fsp3) is 0.133. The lowest BCUT2D eigenvalue weighted by atomic mass is 10.1. The summed E-state index contributed by atoms with van der Waals surface area (Å²) in [7, 11) is 0. The van der Waals surface area contributed by atoms with Gasteiger partial charge < -0.3 is 10.6 Å². The second kappa shape index (κ2) is 5.58. The topological polar surface area (TPSA) is 41.1 Å². The van der Waals surface area contributed by atoms with Gasteiger partial charge in [0.1, 0.15) is 6.04 Å². The third-order valence-corrected chi connectivity index (χ3v) is 4.62. The number of hydrogen-bond acceptors (Lipinski definition) is 2. The van der Waals surface area contributed by atoms with Gasteiger partial charge in [0.15, 0.2) is 0 Å². The average molecular weight is 396 g/mol. The quantitative estimate of drug-likeness (QED) is 0.800. The van der Waals surface area contributed by atoms with E-state index in [0.717, 1.165) is 20.3 Å². The molecule has 0 radical (unpaired) electrons. The van der Waals surface area contributed by atoms with Crippen LogP contribution in [0.25, 0.3) is 0 Å². The summed E-state index contributed by atoms with van der Waals surface area (Å²) in [5.41, 5.74) is 2.98. The number of halogens is 2. The SMILES string of the molecule is O=C(Nc1c(Br)cccc1Br)C1Cc2ccccc2N1. The van der Waals surface area contributed by atoms with Crippen LogP contribution < -0.4 is 10.6 Å². The van der Waals surface area contributed by atoms with E-state index in [9.17, 15) is 4.79 Å². The maximum absolute atomic E-state index is 12.4. The zero-order valence-corrected chi connectivity index (χ0v) is 13.7. The molecule has 2 aromatic rings. The number of benzene rings is 2. The molecule has 1 atom stereocenters. The second-order valence-electron chi connectivity index (χ2n) is 4.64. The molecule has 102 valence electrons. The van der Waals surface area contributed by atoms with Crippen LogP contribution in [0.5, 0.6) is 0 Å². The van der Waals surface area contributed by atoms with Gasteiger partial charge in [-0.2, -0.15) is 0 Å². The minimum Gasteiger partial charge on any atom is -0.373 e. The molecule has 0 spiro atoms. The molecule has 5 heteroatoms. The molecule has 0 saturated heterocycles. The van der Waals surface area contributed by atoms with Gasteiger partial charge >= 0.3 is 0 Å². The van der Waals surface area contributed by atoms with Crippen molar-refractivity contribution in [1.29, 1.82) is 0 Å². The third-order valence-electron chi connectivity index (χ3n) is 3.30. The van der Waals surface area contributed by atoms with Gasteiger partial charge in [0, 0.05) is 21.1 Å². The minimum atomic E-state index is -0.230. The van der Waals surface area contributed by atoms with E-state index in [1.807, 2.05) is 42.5 Å². The Hall–Kier alpha value is -1.33. The summed E-state index contributed by atoms with van der Waals surface area (Å²) < 4.78 is 1.71. The average Bonchev–Trinajstić information content (AvgIpc) is 2.87. The summed E-state index contributed by atoms with van der Waals surface area (Å²) in [6.07, 6.45) is 0.712. The predicted octanol–water partition coefficient (Wildman–Crippen LogP) is 4.19. The van der Waals surface area contributed by atoms with Gasteiger partial charge in [-0.05, 0) is 55.6 Å². The normalized spacial score (nSPS) is 16.4. The number of rotatable bonds is 2. The van der Waals surface area contributed by atoms with Crippen LogP contribution in [-0.4, -0.2) is 11.9 Å². The van der Waals surface area contributed by atoms with E-state index in [2.05, 4.69) is 42.5 Å². The van der Waals surface area contributed by atoms with Crippen LogP contribution >= 0.6 is 31.9 Å². The summed E-state index contributed by atoms with van der Waals surface area (Å²) in [4.78, 5) is 12.4. The largest absolute Gasteiger partial charge is 0.373 e. The van der Waals surface area contributed by atoms with E-state index < -0.39 is 0 Å². The molecule has 1 amide bonds. The summed E-state index contributed by atoms with van der Waals surface area (Å²) in [6.45, 7) is 0. The van der Waals surface area contributed by atoms with Crippen LogP contribution in [0.3, 0.4) is 0 Å². The zero-order chi connectivity index (χ0) is 14.1. The molecular formula is C15H12Br2N2O. The van der Waals surface area contributed by atoms with Gasteiger partial charge in [-0.3, -0.25) is 4.79 Å². The molecule has 0 aliphatic carbocycles. The second-order valence-corrected chi connectivity index (χ2v) is 6.35. The summed E-state index contributed by atoms with van der Waals surface area (Å²) in [5, 5.41) is 6.21. The number of anilines is 2. The van der Waals surface area contributed by atoms with E-state index in [1.54, 1.807) is 0 Å². The molecule has 1 aliphatic heterocycles. The van der Waals surface area contributed by atoms with Gasteiger partial charge in [0.25, 0.3) is 0 Å². The van der Waals surface area contributed by atoms with Crippen molar-refractivity contribution >= 4 is 49.1 Å². The Morgan fingerprint density at radius 3 is 2.50 bits per heavy atom. The highest BCUT2D eigenvalue weighted by molar-refractivity contribution is 9.11. The first-order chi connectivity index (χ1) is 9.65. The van der Waals surface area contributed by atoms with Crippen molar-refractivity contribution in [1.82, 2.24) is 0 Å². The van der Waals surface area contributed by atoms with Gasteiger partial charge in [0.2, 0.25) is 5.91 Å². The fourth-order valence-corrected chi connectivity index (χ4v) is 3.48. The molecule has 3 nitrogen and oxygen atoms in total. The Morgan fingerprint density at radius 2 is 1.80 bits per heavy atom. The number of carbonyl (C=O) groups excluding carboxylic acids is 1. The first-order valence-electron chi connectivity index (χ1n) is 6.24. The standard InChI is InChI=1S/C15H12Br2N2O/c16-10-5-3-6-11(17)14(10)19-15(20)13-8-9-4-1-2-7-12(9)18-13/h1-7,13,18H,8H2,(H,19,20). The highest BCUT2D eigenvalue weighted by Crippen LogP contribution is 2.32. The van der Waals surface area contributed by atoms with E-state index in [4.69, 9.17) is 0 Å². The van der Waals surface area contributed by atoms with Crippen LogP contribution in [0.4, 0.5) is 11.4 Å². The molecule has 1 unspecified atom stereocenters. The van der Waals surface area contributed by atoms with Crippen molar-refractivity contribution in [2.24, 2.45) is 0 Å². The number of fused-ring (bicyclic) bond motifs is 1. The third kappa shape index (κ3) is 2.60. The Morgan fingerprint density at radius 1 is 1.10 bits per heavy atom. The molecular weight excluding hydrogens is 384 g/mol. The van der Waals surface area contributed by atoms with Gasteiger partial charge in [-0.25, -0.2) is 0 Å². The van der Waals surface area contributed by atoms with Crippen LogP contribution in [0.2, 0.25) is 0 Å². The van der Waals surface area contributed by atoms with Gasteiger partial charge in [0.05, 0.1) is 5.69 Å². The lowest BCUT2D eigenvalue weighted by Gasteiger charge is -2.14.